The maximum absolute atomic E-state index is 14.1. The highest BCUT2D eigenvalue weighted by molar-refractivity contribution is 7.99. The van der Waals surface area contributed by atoms with Gasteiger partial charge in [-0.3, -0.25) is 9.58 Å². The average Bonchev–Trinajstić information content (AvgIpc) is 3.34. The monoisotopic (exact) mass is 689 g/mol. The van der Waals surface area contributed by atoms with Crippen LogP contribution in [-0.2, 0) is 40.4 Å². The SMILES string of the molecule is CC(C)(O)C1CCN(CCSc2cc(-c3nn(C[C@@H](O)CN4CCOCC4)c4c3CN(S(C)(=O)=O)CC4)ccc2C(F)(F)F)CC1. The predicted octanol–water partition coefficient (Wildman–Crippen LogP) is 3.15. The van der Waals surface area contributed by atoms with Crippen LogP contribution in [0, 0.1) is 5.92 Å². The number of morpholine rings is 1. The molecule has 10 nitrogen and oxygen atoms in total. The van der Waals surface area contributed by atoms with Gasteiger partial charge in [-0.05, 0) is 57.8 Å². The Balaban J connectivity index is 1.38. The largest absolute Gasteiger partial charge is 0.417 e. The van der Waals surface area contributed by atoms with E-state index in [-0.39, 0.29) is 30.4 Å². The number of alkyl halides is 3. The highest BCUT2D eigenvalue weighted by atomic mass is 32.2. The van der Waals surface area contributed by atoms with Crippen LogP contribution >= 0.6 is 11.8 Å². The molecular weight excluding hydrogens is 643 g/mol. The van der Waals surface area contributed by atoms with Gasteiger partial charge in [-0.1, -0.05) is 6.07 Å². The van der Waals surface area contributed by atoms with Crippen LogP contribution in [0.2, 0.25) is 0 Å². The predicted molar refractivity (Wildman–Crippen MR) is 171 cm³/mol. The summed E-state index contributed by atoms with van der Waals surface area (Å²) < 4.78 is 75.8. The Bertz CT molecular complexity index is 1450. The first-order valence-corrected chi connectivity index (χ1v) is 18.7. The molecule has 3 aliphatic rings. The zero-order valence-corrected chi connectivity index (χ0v) is 28.4. The fourth-order valence-corrected chi connectivity index (χ4v) is 8.55. The summed E-state index contributed by atoms with van der Waals surface area (Å²) in [4.78, 5) is 4.44. The molecule has 4 heterocycles. The lowest BCUT2D eigenvalue weighted by molar-refractivity contribution is -0.139. The Labute approximate surface area is 273 Å². The molecule has 3 aliphatic heterocycles. The maximum atomic E-state index is 14.1. The third kappa shape index (κ3) is 8.84. The van der Waals surface area contributed by atoms with Gasteiger partial charge >= 0.3 is 6.18 Å². The lowest BCUT2D eigenvalue weighted by atomic mass is 9.83. The van der Waals surface area contributed by atoms with Crippen molar-refractivity contribution < 1.29 is 36.5 Å². The van der Waals surface area contributed by atoms with Gasteiger partial charge in [-0.25, -0.2) is 8.42 Å². The highest BCUT2D eigenvalue weighted by Gasteiger charge is 2.36. The summed E-state index contributed by atoms with van der Waals surface area (Å²) in [5.74, 6) is 0.664. The van der Waals surface area contributed by atoms with Crippen LogP contribution in [-0.4, -0.2) is 125 Å². The van der Waals surface area contributed by atoms with E-state index in [4.69, 9.17) is 9.84 Å². The molecule has 1 aromatic heterocycles. The number of benzene rings is 1. The molecule has 2 saturated heterocycles. The summed E-state index contributed by atoms with van der Waals surface area (Å²) in [7, 11) is -3.51. The van der Waals surface area contributed by atoms with Crippen LogP contribution in [0.25, 0.3) is 11.3 Å². The van der Waals surface area contributed by atoms with Crippen LogP contribution < -0.4 is 0 Å². The number of hydrogen-bond donors (Lipinski definition) is 2. The molecular formula is C31H46F3N5O5S2. The minimum absolute atomic E-state index is 0.0627. The van der Waals surface area contributed by atoms with Crippen LogP contribution in [0.4, 0.5) is 13.2 Å². The second-order valence-electron chi connectivity index (χ2n) is 13.2. The average molecular weight is 690 g/mol. The summed E-state index contributed by atoms with van der Waals surface area (Å²) in [5, 5.41) is 26.1. The van der Waals surface area contributed by atoms with Crippen molar-refractivity contribution in [3.8, 4) is 11.3 Å². The number of aliphatic hydroxyl groups is 2. The number of nitrogens with zero attached hydrogens (tertiary/aromatic N) is 5. The topological polar surface area (TPSA) is 111 Å². The molecule has 15 heteroatoms. The smallest absolute Gasteiger partial charge is 0.390 e. The summed E-state index contributed by atoms with van der Waals surface area (Å²) in [5.41, 5.74) is 0.906. The number of halogens is 3. The molecule has 0 amide bonds. The number of hydrogen-bond acceptors (Lipinski definition) is 9. The highest BCUT2D eigenvalue weighted by Crippen LogP contribution is 2.40. The number of thioether (sulfide) groups is 1. The number of fused-ring (bicyclic) bond motifs is 1. The van der Waals surface area contributed by atoms with E-state index in [0.29, 0.717) is 68.4 Å². The zero-order valence-electron chi connectivity index (χ0n) is 26.8. The van der Waals surface area contributed by atoms with Gasteiger partial charge in [0.1, 0.15) is 0 Å². The Morgan fingerprint density at radius 3 is 2.39 bits per heavy atom. The van der Waals surface area contributed by atoms with E-state index in [9.17, 15) is 31.8 Å². The van der Waals surface area contributed by atoms with E-state index >= 15 is 0 Å². The third-order valence-corrected chi connectivity index (χ3v) is 11.6. The first-order chi connectivity index (χ1) is 21.6. The number of ether oxygens (including phenoxy) is 1. The number of β-amino-alcohol motifs (C(OH)–C–C–N with tert-alkyl or cyclic N) is 1. The summed E-state index contributed by atoms with van der Waals surface area (Å²) in [6.45, 7) is 9.42. The van der Waals surface area contributed by atoms with Gasteiger partial charge in [-0.15, -0.1) is 11.8 Å². The second-order valence-corrected chi connectivity index (χ2v) is 16.3. The minimum Gasteiger partial charge on any atom is -0.390 e. The minimum atomic E-state index is -4.54. The summed E-state index contributed by atoms with van der Waals surface area (Å²) in [6.07, 6.45) is -2.06. The van der Waals surface area contributed by atoms with Gasteiger partial charge in [0.15, 0.2) is 0 Å². The molecule has 0 bridgehead atoms. The Hall–Kier alpha value is -1.72. The number of sulfonamides is 1. The van der Waals surface area contributed by atoms with Crippen molar-refractivity contribution >= 4 is 21.8 Å². The summed E-state index contributed by atoms with van der Waals surface area (Å²) in [6, 6.07) is 4.01. The molecule has 0 radical (unpaired) electrons. The number of piperidine rings is 1. The van der Waals surface area contributed by atoms with Crippen molar-refractivity contribution in [2.24, 2.45) is 5.92 Å². The lowest BCUT2D eigenvalue weighted by Crippen LogP contribution is -2.42. The quantitative estimate of drug-likeness (QED) is 0.344. The molecule has 0 unspecified atom stereocenters. The van der Waals surface area contributed by atoms with E-state index in [2.05, 4.69) is 9.80 Å². The van der Waals surface area contributed by atoms with Crippen molar-refractivity contribution in [1.82, 2.24) is 23.9 Å². The van der Waals surface area contributed by atoms with Crippen molar-refractivity contribution in [1.29, 1.82) is 0 Å². The van der Waals surface area contributed by atoms with E-state index in [0.717, 1.165) is 55.7 Å². The molecule has 0 aliphatic carbocycles. The molecule has 2 aromatic rings. The normalized spacial score (nSPS) is 20.6. The Morgan fingerprint density at radius 2 is 1.76 bits per heavy atom. The van der Waals surface area contributed by atoms with Gasteiger partial charge in [0.25, 0.3) is 0 Å². The van der Waals surface area contributed by atoms with Crippen molar-refractivity contribution in [3.63, 3.8) is 0 Å². The van der Waals surface area contributed by atoms with E-state index in [1.807, 2.05) is 13.8 Å². The van der Waals surface area contributed by atoms with E-state index in [1.165, 1.54) is 16.4 Å². The van der Waals surface area contributed by atoms with Gasteiger partial charge in [0.2, 0.25) is 10.0 Å². The molecule has 2 fully saturated rings. The fourth-order valence-electron chi connectivity index (χ4n) is 6.64. The standard InChI is InChI=1S/C31H46F3N5O5S2/c1-30(2,41)23-6-9-36(10-7-23)14-17-45-28-18-22(4-5-26(28)31(32,33)34)29-25-21-38(46(3,42)43)11-8-27(25)39(35-29)20-24(40)19-37-12-15-44-16-13-37/h4-5,18,23-24,40-41H,6-17,19-21H2,1-3H3/t24-/m0/s1. The van der Waals surface area contributed by atoms with Gasteiger partial charge in [0, 0.05) is 73.2 Å². The first-order valence-electron chi connectivity index (χ1n) is 15.9. The molecule has 258 valence electrons. The number of aromatic nitrogens is 2. The molecule has 1 aromatic carbocycles. The Kier molecular flexibility index (Phi) is 11.1. The van der Waals surface area contributed by atoms with Crippen LogP contribution in [0.5, 0.6) is 0 Å². The third-order valence-electron chi connectivity index (χ3n) is 9.34. The van der Waals surface area contributed by atoms with Crippen molar-refractivity contribution in [2.45, 2.75) is 69.0 Å². The number of rotatable bonds is 11. The molecule has 0 spiro atoms. The molecule has 2 N–H and O–H groups in total. The lowest BCUT2D eigenvalue weighted by Gasteiger charge is -2.37. The van der Waals surface area contributed by atoms with E-state index < -0.39 is 33.5 Å². The van der Waals surface area contributed by atoms with Gasteiger partial charge in [0.05, 0.1) is 49.0 Å². The molecule has 5 rings (SSSR count). The number of likely N-dealkylation sites (tertiary alicyclic amines) is 1. The van der Waals surface area contributed by atoms with Crippen LogP contribution in [0.1, 0.15) is 43.5 Å². The van der Waals surface area contributed by atoms with Crippen LogP contribution in [0.3, 0.4) is 0 Å². The first kappa shape index (κ1) is 35.6. The molecule has 46 heavy (non-hydrogen) atoms. The maximum Gasteiger partial charge on any atom is 0.417 e. The van der Waals surface area contributed by atoms with Crippen molar-refractivity contribution in [2.75, 3.05) is 71.0 Å². The van der Waals surface area contributed by atoms with E-state index in [1.54, 1.807) is 4.68 Å². The van der Waals surface area contributed by atoms with Crippen molar-refractivity contribution in [3.05, 3.63) is 35.0 Å². The van der Waals surface area contributed by atoms with Crippen LogP contribution in [0.15, 0.2) is 23.1 Å². The van der Waals surface area contributed by atoms with Gasteiger partial charge in [-0.2, -0.15) is 22.6 Å². The molecule has 0 saturated carbocycles. The molecule has 1 atom stereocenters. The Morgan fingerprint density at radius 1 is 1.07 bits per heavy atom. The summed E-state index contributed by atoms with van der Waals surface area (Å²) >= 11 is 1.15. The second kappa shape index (κ2) is 14.4. The number of aliphatic hydroxyl groups excluding tert-OH is 1. The van der Waals surface area contributed by atoms with Gasteiger partial charge < -0.3 is 19.8 Å². The zero-order chi connectivity index (χ0) is 33.3. The fraction of sp³-hybridized carbons (Fsp3) is 0.710.